The van der Waals surface area contributed by atoms with Crippen molar-refractivity contribution in [3.05, 3.63) is 12.4 Å². The van der Waals surface area contributed by atoms with Gasteiger partial charge in [-0.25, -0.2) is 4.98 Å². The monoisotopic (exact) mass is 180 g/mol. The lowest BCUT2D eigenvalue weighted by Crippen LogP contribution is -2.52. The molecule has 0 aromatic carbocycles. The molecule has 2 rings (SSSR count). The second-order valence-electron chi connectivity index (χ2n) is 3.60. The third kappa shape index (κ3) is 1.67. The quantitative estimate of drug-likeness (QED) is 0.740. The van der Waals surface area contributed by atoms with Gasteiger partial charge in [0.15, 0.2) is 0 Å². The fraction of sp³-hybridized carbons (Fsp3) is 0.667. The Morgan fingerprint density at radius 1 is 1.62 bits per heavy atom. The van der Waals surface area contributed by atoms with Crippen molar-refractivity contribution in [3.8, 4) is 0 Å². The average Bonchev–Trinajstić information content (AvgIpc) is 2.49. The van der Waals surface area contributed by atoms with E-state index in [1.54, 1.807) is 0 Å². The molecule has 0 spiro atoms. The number of imidazole rings is 1. The summed E-state index contributed by atoms with van der Waals surface area (Å²) in [4.78, 5) is 6.56. The molecule has 0 aliphatic carbocycles. The maximum Gasteiger partial charge on any atom is 0.203 e. The van der Waals surface area contributed by atoms with Gasteiger partial charge in [-0.15, -0.1) is 0 Å². The first kappa shape index (κ1) is 8.56. The van der Waals surface area contributed by atoms with Crippen molar-refractivity contribution in [1.29, 1.82) is 0 Å². The standard InChI is InChI=1S/C9H16N4/c1-3-13-5-4-10-9(13)11-8-6-12(2)7-8/h4-5,8H,3,6-7H2,1-2H3,(H,10,11). The number of likely N-dealkylation sites (tertiary alicyclic amines) is 1. The largest absolute Gasteiger partial charge is 0.350 e. The molecule has 0 atom stereocenters. The highest BCUT2D eigenvalue weighted by Crippen LogP contribution is 2.11. The molecule has 2 heterocycles. The van der Waals surface area contributed by atoms with E-state index < -0.39 is 0 Å². The van der Waals surface area contributed by atoms with Gasteiger partial charge in [-0.3, -0.25) is 0 Å². The van der Waals surface area contributed by atoms with Crippen LogP contribution in [0.3, 0.4) is 0 Å². The van der Waals surface area contributed by atoms with Crippen LogP contribution < -0.4 is 5.32 Å². The van der Waals surface area contributed by atoms with Crippen LogP contribution in [0.1, 0.15) is 6.92 Å². The SMILES string of the molecule is CCn1ccnc1NC1CN(C)C1. The van der Waals surface area contributed by atoms with Gasteiger partial charge >= 0.3 is 0 Å². The molecule has 0 saturated carbocycles. The van der Waals surface area contributed by atoms with Crippen molar-refractivity contribution in [2.75, 3.05) is 25.5 Å². The fourth-order valence-electron chi connectivity index (χ4n) is 1.68. The topological polar surface area (TPSA) is 33.1 Å². The third-order valence-corrected chi connectivity index (χ3v) is 2.45. The highest BCUT2D eigenvalue weighted by atomic mass is 15.3. The Kier molecular flexibility index (Phi) is 2.22. The highest BCUT2D eigenvalue weighted by molar-refractivity contribution is 5.29. The van der Waals surface area contributed by atoms with Crippen LogP contribution in [0.5, 0.6) is 0 Å². The first-order chi connectivity index (χ1) is 6.29. The smallest absolute Gasteiger partial charge is 0.203 e. The maximum atomic E-state index is 4.27. The Morgan fingerprint density at radius 2 is 2.38 bits per heavy atom. The second kappa shape index (κ2) is 3.38. The molecule has 0 bridgehead atoms. The zero-order valence-electron chi connectivity index (χ0n) is 8.20. The van der Waals surface area contributed by atoms with E-state index in [1.807, 2.05) is 12.4 Å². The van der Waals surface area contributed by atoms with Crippen molar-refractivity contribution in [2.45, 2.75) is 19.5 Å². The van der Waals surface area contributed by atoms with Crippen LogP contribution in [0, 0.1) is 0 Å². The number of aryl methyl sites for hydroxylation is 1. The van der Waals surface area contributed by atoms with Gasteiger partial charge in [0, 0.05) is 32.0 Å². The summed E-state index contributed by atoms with van der Waals surface area (Å²) in [7, 11) is 2.13. The summed E-state index contributed by atoms with van der Waals surface area (Å²) in [5.74, 6) is 1.00. The average molecular weight is 180 g/mol. The molecule has 0 radical (unpaired) electrons. The molecule has 4 heteroatoms. The van der Waals surface area contributed by atoms with E-state index in [0.717, 1.165) is 25.6 Å². The van der Waals surface area contributed by atoms with Crippen LogP contribution in [0.2, 0.25) is 0 Å². The summed E-state index contributed by atoms with van der Waals surface area (Å²) in [5.41, 5.74) is 0. The first-order valence-corrected chi connectivity index (χ1v) is 4.76. The van der Waals surface area contributed by atoms with Crippen LogP contribution in [0.15, 0.2) is 12.4 Å². The lowest BCUT2D eigenvalue weighted by molar-refractivity contribution is 0.204. The maximum absolute atomic E-state index is 4.27. The van der Waals surface area contributed by atoms with Crippen molar-refractivity contribution < 1.29 is 0 Å². The Balaban J connectivity index is 1.94. The van der Waals surface area contributed by atoms with Crippen molar-refractivity contribution >= 4 is 5.95 Å². The first-order valence-electron chi connectivity index (χ1n) is 4.76. The predicted molar refractivity (Wildman–Crippen MR) is 52.8 cm³/mol. The van der Waals surface area contributed by atoms with Gasteiger partial charge in [-0.2, -0.15) is 0 Å². The number of nitrogens with zero attached hydrogens (tertiary/aromatic N) is 3. The van der Waals surface area contributed by atoms with Gasteiger partial charge in [0.1, 0.15) is 0 Å². The van der Waals surface area contributed by atoms with Gasteiger partial charge in [0.2, 0.25) is 5.95 Å². The van der Waals surface area contributed by atoms with Crippen LogP contribution in [-0.2, 0) is 6.54 Å². The summed E-state index contributed by atoms with van der Waals surface area (Å²) in [6.07, 6.45) is 3.85. The lowest BCUT2D eigenvalue weighted by Gasteiger charge is -2.36. The van der Waals surface area contributed by atoms with Crippen LogP contribution in [-0.4, -0.2) is 40.6 Å². The molecule has 1 N–H and O–H groups in total. The molecule has 1 aromatic rings. The minimum absolute atomic E-state index is 0.581. The van der Waals surface area contributed by atoms with Crippen molar-refractivity contribution in [2.24, 2.45) is 0 Å². The van der Waals surface area contributed by atoms with Crippen LogP contribution in [0.25, 0.3) is 0 Å². The van der Waals surface area contributed by atoms with E-state index >= 15 is 0 Å². The van der Waals surface area contributed by atoms with E-state index in [4.69, 9.17) is 0 Å². The second-order valence-corrected chi connectivity index (χ2v) is 3.60. The molecule has 4 nitrogen and oxygen atoms in total. The van der Waals surface area contributed by atoms with Gasteiger partial charge in [-0.1, -0.05) is 0 Å². The summed E-state index contributed by atoms with van der Waals surface area (Å²) in [6.45, 7) is 5.35. The fourth-order valence-corrected chi connectivity index (χ4v) is 1.68. The van der Waals surface area contributed by atoms with E-state index in [2.05, 4.69) is 33.7 Å². The molecule has 0 amide bonds. The summed E-state index contributed by atoms with van der Waals surface area (Å²) in [5, 5.41) is 3.42. The van der Waals surface area contributed by atoms with Gasteiger partial charge in [-0.05, 0) is 14.0 Å². The van der Waals surface area contributed by atoms with E-state index in [9.17, 15) is 0 Å². The van der Waals surface area contributed by atoms with Crippen LogP contribution >= 0.6 is 0 Å². The molecule has 0 unspecified atom stereocenters. The number of rotatable bonds is 3. The number of hydrogen-bond donors (Lipinski definition) is 1. The Morgan fingerprint density at radius 3 is 3.00 bits per heavy atom. The minimum Gasteiger partial charge on any atom is -0.350 e. The molecule has 1 aromatic heterocycles. The molecule has 13 heavy (non-hydrogen) atoms. The number of hydrogen-bond acceptors (Lipinski definition) is 3. The van der Waals surface area contributed by atoms with Crippen LogP contribution in [0.4, 0.5) is 5.95 Å². The number of anilines is 1. The van der Waals surface area contributed by atoms with E-state index in [-0.39, 0.29) is 0 Å². The minimum atomic E-state index is 0.581. The molecular formula is C9H16N4. The summed E-state index contributed by atoms with van der Waals surface area (Å²) >= 11 is 0. The molecule has 1 saturated heterocycles. The van der Waals surface area contributed by atoms with E-state index in [0.29, 0.717) is 6.04 Å². The van der Waals surface area contributed by atoms with Gasteiger partial charge in [0.25, 0.3) is 0 Å². The molecule has 1 fully saturated rings. The summed E-state index contributed by atoms with van der Waals surface area (Å²) < 4.78 is 2.12. The van der Waals surface area contributed by atoms with Gasteiger partial charge in [0.05, 0.1) is 6.04 Å². The highest BCUT2D eigenvalue weighted by Gasteiger charge is 2.23. The van der Waals surface area contributed by atoms with Crippen molar-refractivity contribution in [3.63, 3.8) is 0 Å². The number of likely N-dealkylation sites (N-methyl/N-ethyl adjacent to an activating group) is 1. The third-order valence-electron chi connectivity index (χ3n) is 2.45. The summed E-state index contributed by atoms with van der Waals surface area (Å²) in [6, 6.07) is 0.581. The molecule has 1 aliphatic heterocycles. The van der Waals surface area contributed by atoms with Gasteiger partial charge < -0.3 is 14.8 Å². The lowest BCUT2D eigenvalue weighted by atomic mass is 10.1. The molecule has 72 valence electrons. The zero-order valence-corrected chi connectivity index (χ0v) is 8.20. The predicted octanol–water partition coefficient (Wildman–Crippen LogP) is 0.629. The van der Waals surface area contributed by atoms with Crippen molar-refractivity contribution in [1.82, 2.24) is 14.5 Å². The number of aromatic nitrogens is 2. The molecular weight excluding hydrogens is 164 g/mol. The Bertz CT molecular complexity index is 275. The molecule has 1 aliphatic rings. The Labute approximate surface area is 78.6 Å². The number of nitrogens with one attached hydrogen (secondary N) is 1. The normalized spacial score (nSPS) is 18.6. The van der Waals surface area contributed by atoms with E-state index in [1.165, 1.54) is 0 Å². The Hall–Kier alpha value is -1.03. The zero-order chi connectivity index (χ0) is 9.26.